The van der Waals surface area contributed by atoms with Gasteiger partial charge in [0.25, 0.3) is 0 Å². The van der Waals surface area contributed by atoms with Gasteiger partial charge in [0.2, 0.25) is 0 Å². The zero-order valence-corrected chi connectivity index (χ0v) is 13.9. The summed E-state index contributed by atoms with van der Waals surface area (Å²) in [7, 11) is 1.91. The lowest BCUT2D eigenvalue weighted by molar-refractivity contribution is 0.168. The van der Waals surface area contributed by atoms with Crippen molar-refractivity contribution in [3.8, 4) is 0 Å². The summed E-state index contributed by atoms with van der Waals surface area (Å²) in [6, 6.07) is 0. The van der Waals surface area contributed by atoms with Crippen LogP contribution < -0.4 is 0 Å². The molecule has 0 spiro atoms. The van der Waals surface area contributed by atoms with Crippen molar-refractivity contribution in [2.24, 2.45) is 28.7 Å². The molecule has 0 aromatic heterocycles. The third kappa shape index (κ3) is 6.10. The van der Waals surface area contributed by atoms with Gasteiger partial charge in [-0.05, 0) is 43.4 Å². The van der Waals surface area contributed by atoms with Crippen LogP contribution in [0.1, 0.15) is 79.1 Å². The summed E-state index contributed by atoms with van der Waals surface area (Å²) in [4.78, 5) is 4.25. The number of rotatable bonds is 7. The van der Waals surface area contributed by atoms with E-state index >= 15 is 0 Å². The van der Waals surface area contributed by atoms with Crippen LogP contribution in [0.15, 0.2) is 4.99 Å². The van der Waals surface area contributed by atoms with Gasteiger partial charge in [-0.2, -0.15) is 0 Å². The van der Waals surface area contributed by atoms with E-state index in [1.807, 2.05) is 7.05 Å². The molecule has 1 nitrogen and oxygen atoms in total. The first-order valence-electron chi connectivity index (χ1n) is 8.46. The number of hydrogen-bond donors (Lipinski definition) is 0. The summed E-state index contributed by atoms with van der Waals surface area (Å²) >= 11 is 0. The van der Waals surface area contributed by atoms with E-state index in [-0.39, 0.29) is 0 Å². The van der Waals surface area contributed by atoms with Crippen LogP contribution in [-0.4, -0.2) is 12.8 Å². The van der Waals surface area contributed by atoms with Crippen LogP contribution in [0.25, 0.3) is 0 Å². The van der Waals surface area contributed by atoms with Crippen LogP contribution in [-0.2, 0) is 0 Å². The van der Waals surface area contributed by atoms with Crippen LogP contribution in [0, 0.1) is 23.7 Å². The van der Waals surface area contributed by atoms with Gasteiger partial charge in [0.1, 0.15) is 0 Å². The average Bonchev–Trinajstić information content (AvgIpc) is 2.40. The minimum Gasteiger partial charge on any atom is -0.298 e. The van der Waals surface area contributed by atoms with Crippen LogP contribution >= 0.6 is 0 Å². The minimum atomic E-state index is 0.869. The molecular weight excluding hydrogens is 230 g/mol. The fourth-order valence-corrected chi connectivity index (χ4v) is 3.54. The van der Waals surface area contributed by atoms with Crippen molar-refractivity contribution in [1.29, 1.82) is 0 Å². The predicted molar refractivity (Wildman–Crippen MR) is 87.0 cm³/mol. The summed E-state index contributed by atoms with van der Waals surface area (Å²) in [6.45, 7) is 9.50. The van der Waals surface area contributed by atoms with Gasteiger partial charge in [0, 0.05) is 12.8 Å². The van der Waals surface area contributed by atoms with E-state index in [4.69, 9.17) is 0 Å². The van der Waals surface area contributed by atoms with E-state index in [9.17, 15) is 0 Å². The summed E-state index contributed by atoms with van der Waals surface area (Å²) in [5.41, 5.74) is 1.31. The highest BCUT2D eigenvalue weighted by Crippen LogP contribution is 2.37. The molecule has 1 saturated carbocycles. The monoisotopic (exact) mass is 265 g/mol. The van der Waals surface area contributed by atoms with Crippen molar-refractivity contribution in [1.82, 2.24) is 0 Å². The van der Waals surface area contributed by atoms with Crippen LogP contribution in [0.4, 0.5) is 0 Å². The zero-order chi connectivity index (χ0) is 14.3. The number of hydrogen-bond acceptors (Lipinski definition) is 1. The zero-order valence-electron chi connectivity index (χ0n) is 13.9. The average molecular weight is 265 g/mol. The normalized spacial score (nSPS) is 30.4. The Morgan fingerprint density at radius 2 is 1.95 bits per heavy atom. The summed E-state index contributed by atoms with van der Waals surface area (Å²) < 4.78 is 0. The van der Waals surface area contributed by atoms with Crippen molar-refractivity contribution in [2.75, 3.05) is 7.05 Å². The molecule has 1 fully saturated rings. The topological polar surface area (TPSA) is 12.4 Å². The summed E-state index contributed by atoms with van der Waals surface area (Å²) in [5.74, 6) is 3.79. The van der Waals surface area contributed by atoms with E-state index in [0.717, 1.165) is 23.7 Å². The van der Waals surface area contributed by atoms with Gasteiger partial charge in [0.15, 0.2) is 0 Å². The fourth-order valence-electron chi connectivity index (χ4n) is 3.54. The lowest BCUT2D eigenvalue weighted by Gasteiger charge is -2.34. The van der Waals surface area contributed by atoms with Gasteiger partial charge in [-0.1, -0.05) is 59.3 Å². The highest BCUT2D eigenvalue weighted by Gasteiger charge is 2.26. The number of aliphatic imine (C=N–C) groups is 1. The maximum Gasteiger partial charge on any atom is 0.0276 e. The molecule has 0 bridgehead atoms. The summed E-state index contributed by atoms with van der Waals surface area (Å²) in [5, 5.41) is 0. The van der Waals surface area contributed by atoms with Crippen molar-refractivity contribution >= 4 is 5.71 Å². The van der Waals surface area contributed by atoms with E-state index in [1.54, 1.807) is 0 Å². The van der Waals surface area contributed by atoms with Crippen LogP contribution in [0.2, 0.25) is 0 Å². The maximum atomic E-state index is 4.25. The Bertz CT molecular complexity index is 269. The second kappa shape index (κ2) is 8.76. The lowest BCUT2D eigenvalue weighted by atomic mass is 9.72. The largest absolute Gasteiger partial charge is 0.298 e. The molecule has 1 aliphatic rings. The molecule has 1 aliphatic carbocycles. The minimum absolute atomic E-state index is 0.869. The SMILES string of the molecule is CN=C(C)CCC(C)CCCC1CCCC(C)C1C. The molecule has 0 saturated heterocycles. The molecule has 1 heteroatoms. The first-order chi connectivity index (χ1) is 9.04. The van der Waals surface area contributed by atoms with Gasteiger partial charge < -0.3 is 0 Å². The Morgan fingerprint density at radius 3 is 2.63 bits per heavy atom. The van der Waals surface area contributed by atoms with Crippen molar-refractivity contribution in [3.05, 3.63) is 0 Å². The van der Waals surface area contributed by atoms with E-state index in [1.165, 1.54) is 57.1 Å². The Labute approximate surface area is 121 Å². The van der Waals surface area contributed by atoms with Gasteiger partial charge in [-0.25, -0.2) is 0 Å². The third-order valence-electron chi connectivity index (χ3n) is 5.53. The predicted octanol–water partition coefficient (Wildman–Crippen LogP) is 5.74. The summed E-state index contributed by atoms with van der Waals surface area (Å²) in [6.07, 6.45) is 11.2. The maximum absolute atomic E-state index is 4.25. The lowest BCUT2D eigenvalue weighted by Crippen LogP contribution is -2.24. The molecule has 1 rings (SSSR count). The molecule has 0 aromatic rings. The first kappa shape index (κ1) is 16.7. The fraction of sp³-hybridized carbons (Fsp3) is 0.944. The molecule has 112 valence electrons. The third-order valence-corrected chi connectivity index (χ3v) is 5.53. The van der Waals surface area contributed by atoms with Crippen LogP contribution in [0.3, 0.4) is 0 Å². The molecule has 4 unspecified atom stereocenters. The van der Waals surface area contributed by atoms with Crippen molar-refractivity contribution < 1.29 is 0 Å². The molecule has 0 aliphatic heterocycles. The van der Waals surface area contributed by atoms with E-state index in [0.29, 0.717) is 0 Å². The van der Waals surface area contributed by atoms with Crippen molar-refractivity contribution in [3.63, 3.8) is 0 Å². The molecule has 0 heterocycles. The Morgan fingerprint density at radius 1 is 1.21 bits per heavy atom. The molecule has 0 amide bonds. The molecular formula is C18H35N. The van der Waals surface area contributed by atoms with E-state index < -0.39 is 0 Å². The molecule has 4 atom stereocenters. The Kier molecular flexibility index (Phi) is 7.71. The smallest absolute Gasteiger partial charge is 0.0276 e. The molecule has 19 heavy (non-hydrogen) atoms. The van der Waals surface area contributed by atoms with Gasteiger partial charge in [0.05, 0.1) is 0 Å². The van der Waals surface area contributed by atoms with Crippen molar-refractivity contribution in [2.45, 2.75) is 79.1 Å². The Balaban J connectivity index is 2.15. The van der Waals surface area contributed by atoms with E-state index in [2.05, 4.69) is 32.7 Å². The number of nitrogens with zero attached hydrogens (tertiary/aromatic N) is 1. The highest BCUT2D eigenvalue weighted by atomic mass is 14.7. The van der Waals surface area contributed by atoms with Gasteiger partial charge in [-0.15, -0.1) is 0 Å². The quantitative estimate of drug-likeness (QED) is 0.521. The second-order valence-electron chi connectivity index (χ2n) is 7.06. The molecule has 0 radical (unpaired) electrons. The standard InChI is InChI=1S/C18H35N/c1-14(12-13-16(3)19-5)8-6-10-18-11-7-9-15(2)17(18)4/h14-15,17-18H,6-13H2,1-5H3. The first-order valence-corrected chi connectivity index (χ1v) is 8.46. The Hall–Kier alpha value is -0.330. The van der Waals surface area contributed by atoms with Crippen LogP contribution in [0.5, 0.6) is 0 Å². The second-order valence-corrected chi connectivity index (χ2v) is 7.06. The van der Waals surface area contributed by atoms with Gasteiger partial charge in [-0.3, -0.25) is 4.99 Å². The highest BCUT2D eigenvalue weighted by molar-refractivity contribution is 5.81. The van der Waals surface area contributed by atoms with Gasteiger partial charge >= 0.3 is 0 Å². The molecule has 0 aromatic carbocycles. The molecule has 0 N–H and O–H groups in total.